The van der Waals surface area contributed by atoms with E-state index in [2.05, 4.69) is 25.3 Å². The lowest BCUT2D eigenvalue weighted by Crippen LogP contribution is -2.28. The highest BCUT2D eigenvalue weighted by Gasteiger charge is 2.26. The fraction of sp³-hybridized carbons (Fsp3) is 0.423. The van der Waals surface area contributed by atoms with Crippen molar-refractivity contribution in [2.45, 2.75) is 46.7 Å². The molecule has 0 spiro atoms. The number of hydrogen-bond acceptors (Lipinski definition) is 8. The summed E-state index contributed by atoms with van der Waals surface area (Å²) in [5.74, 6) is 2.79. The van der Waals surface area contributed by atoms with Crippen LogP contribution in [-0.2, 0) is 17.9 Å². The lowest BCUT2D eigenvalue weighted by Gasteiger charge is -2.21. The Morgan fingerprint density at radius 2 is 2.00 bits per heavy atom. The van der Waals surface area contributed by atoms with Crippen molar-refractivity contribution in [3.8, 4) is 5.75 Å². The fourth-order valence-corrected chi connectivity index (χ4v) is 4.11. The molecule has 3 heterocycles. The molecule has 0 bridgehead atoms. The van der Waals surface area contributed by atoms with E-state index in [9.17, 15) is 4.79 Å². The number of hydrogen-bond donors (Lipinski definition) is 2. The largest absolute Gasteiger partial charge is 0.494 e. The fourth-order valence-electron chi connectivity index (χ4n) is 4.11. The molecule has 0 radical (unpaired) electrons. The van der Waals surface area contributed by atoms with Crippen LogP contribution in [0.25, 0.3) is 16.6 Å². The van der Waals surface area contributed by atoms with E-state index in [1.807, 2.05) is 57.3 Å². The minimum Gasteiger partial charge on any atom is -0.494 e. The third-order valence-corrected chi connectivity index (χ3v) is 6.29. The molecule has 188 valence electrons. The Morgan fingerprint density at radius 1 is 1.19 bits per heavy atom. The van der Waals surface area contributed by atoms with Crippen LogP contribution in [0.5, 0.6) is 5.75 Å². The van der Waals surface area contributed by atoms with Gasteiger partial charge in [0.2, 0.25) is 11.9 Å². The van der Waals surface area contributed by atoms with Crippen molar-refractivity contribution in [1.29, 1.82) is 0 Å². The van der Waals surface area contributed by atoms with E-state index in [1.54, 1.807) is 11.6 Å². The van der Waals surface area contributed by atoms with Crippen LogP contribution in [0, 0.1) is 11.3 Å². The van der Waals surface area contributed by atoms with Crippen molar-refractivity contribution < 1.29 is 9.53 Å². The summed E-state index contributed by atoms with van der Waals surface area (Å²) < 4.78 is 7.05. The number of rotatable bonds is 8. The zero-order valence-corrected chi connectivity index (χ0v) is 21.2. The number of nitrogens with zero attached hydrogens (tertiary/aromatic N) is 6. The zero-order valence-electron chi connectivity index (χ0n) is 21.2. The lowest BCUT2D eigenvalue weighted by molar-refractivity contribution is -0.123. The molecule has 1 amide bonds. The second-order valence-corrected chi connectivity index (χ2v) is 10.5. The van der Waals surface area contributed by atoms with Crippen molar-refractivity contribution in [1.82, 2.24) is 29.5 Å². The lowest BCUT2D eigenvalue weighted by atomic mass is 9.96. The van der Waals surface area contributed by atoms with Crippen LogP contribution < -0.4 is 15.8 Å². The molecule has 1 aliphatic carbocycles. The highest BCUT2D eigenvalue weighted by atomic mass is 16.5. The number of pyridine rings is 1. The summed E-state index contributed by atoms with van der Waals surface area (Å²) in [6.45, 7) is 7.87. The van der Waals surface area contributed by atoms with E-state index < -0.39 is 5.41 Å². The topological polar surface area (TPSA) is 124 Å². The number of methoxy groups -OCH3 is 1. The van der Waals surface area contributed by atoms with Gasteiger partial charge in [-0.15, -0.1) is 5.10 Å². The van der Waals surface area contributed by atoms with Gasteiger partial charge in [-0.1, -0.05) is 32.9 Å². The summed E-state index contributed by atoms with van der Waals surface area (Å²) in [5, 5.41) is 8.38. The Morgan fingerprint density at radius 3 is 2.67 bits per heavy atom. The molecular weight excluding hydrogens is 456 g/mol. The van der Waals surface area contributed by atoms with Crippen molar-refractivity contribution in [3.05, 3.63) is 47.9 Å². The standard InChI is InChI=1S/C26H32N8O2/c1-26(2,3)24(35)30-20-11-10-17(12-28-20)14-33(13-16-8-9-16)15-21-29-23-18-6-5-7-19(36-4)22(18)31-25(27)34(23)32-21/h5-7,10-12,16H,8-9,13-15H2,1-4H3,(H2,27,31)(H,28,30,35). The number of carbonyl (C=O) groups excluding carboxylic acids is 1. The van der Waals surface area contributed by atoms with E-state index >= 15 is 0 Å². The molecular formula is C26H32N8O2. The Labute approximate surface area is 209 Å². The van der Waals surface area contributed by atoms with Crippen molar-refractivity contribution >= 4 is 34.2 Å². The average Bonchev–Trinajstić information content (AvgIpc) is 3.55. The van der Waals surface area contributed by atoms with Crippen LogP contribution in [0.4, 0.5) is 11.8 Å². The van der Waals surface area contributed by atoms with E-state index in [-0.39, 0.29) is 11.9 Å². The number of nitrogen functional groups attached to an aromatic ring is 1. The Balaban J connectivity index is 1.37. The first-order valence-corrected chi connectivity index (χ1v) is 12.2. The monoisotopic (exact) mass is 488 g/mol. The molecule has 1 aliphatic rings. The number of nitrogens with two attached hydrogens (primary N) is 1. The molecule has 10 nitrogen and oxygen atoms in total. The normalized spacial score (nSPS) is 14.0. The van der Waals surface area contributed by atoms with E-state index in [0.717, 1.165) is 17.5 Å². The van der Waals surface area contributed by atoms with Crippen LogP contribution in [0.2, 0.25) is 0 Å². The average molecular weight is 489 g/mol. The Hall–Kier alpha value is -3.79. The van der Waals surface area contributed by atoms with Crippen molar-refractivity contribution in [2.24, 2.45) is 11.3 Å². The van der Waals surface area contributed by atoms with Gasteiger partial charge in [0, 0.05) is 30.1 Å². The molecule has 0 saturated heterocycles. The summed E-state index contributed by atoms with van der Waals surface area (Å²) in [5.41, 5.74) is 8.14. The summed E-state index contributed by atoms with van der Waals surface area (Å²) in [6, 6.07) is 9.57. The first kappa shape index (κ1) is 23.9. The van der Waals surface area contributed by atoms with Gasteiger partial charge in [0.1, 0.15) is 17.1 Å². The highest BCUT2D eigenvalue weighted by molar-refractivity contribution is 5.96. The first-order chi connectivity index (χ1) is 17.2. The molecule has 4 aromatic rings. The molecule has 3 aromatic heterocycles. The van der Waals surface area contributed by atoms with Gasteiger partial charge in [-0.2, -0.15) is 4.52 Å². The molecule has 10 heteroatoms. The maximum absolute atomic E-state index is 12.2. The first-order valence-electron chi connectivity index (χ1n) is 12.2. The number of amides is 1. The molecule has 1 saturated carbocycles. The number of benzene rings is 1. The second-order valence-electron chi connectivity index (χ2n) is 10.5. The molecule has 0 unspecified atom stereocenters. The Bertz CT molecular complexity index is 1400. The van der Waals surface area contributed by atoms with Gasteiger partial charge in [0.25, 0.3) is 0 Å². The van der Waals surface area contributed by atoms with Gasteiger partial charge in [-0.3, -0.25) is 9.69 Å². The quantitative estimate of drug-likeness (QED) is 0.385. The predicted octanol–water partition coefficient (Wildman–Crippen LogP) is 3.66. The number of carbonyl (C=O) groups is 1. The molecule has 0 atom stereocenters. The van der Waals surface area contributed by atoms with Crippen molar-refractivity contribution in [2.75, 3.05) is 24.7 Å². The smallest absolute Gasteiger partial charge is 0.230 e. The van der Waals surface area contributed by atoms with Crippen molar-refractivity contribution in [3.63, 3.8) is 0 Å². The number of ether oxygens (including phenoxy) is 1. The summed E-state index contributed by atoms with van der Waals surface area (Å²) in [4.78, 5) is 28.4. The molecule has 1 fully saturated rings. The third-order valence-electron chi connectivity index (χ3n) is 6.29. The van der Waals surface area contributed by atoms with Gasteiger partial charge in [0.05, 0.1) is 13.7 Å². The Kier molecular flexibility index (Phi) is 6.21. The summed E-state index contributed by atoms with van der Waals surface area (Å²) in [7, 11) is 1.61. The van der Waals surface area contributed by atoms with E-state index in [1.165, 1.54) is 12.8 Å². The maximum Gasteiger partial charge on any atom is 0.230 e. The van der Waals surface area contributed by atoms with Crippen LogP contribution >= 0.6 is 0 Å². The van der Waals surface area contributed by atoms with Gasteiger partial charge in [0.15, 0.2) is 11.5 Å². The predicted molar refractivity (Wildman–Crippen MR) is 138 cm³/mol. The van der Waals surface area contributed by atoms with Gasteiger partial charge in [-0.05, 0) is 42.5 Å². The van der Waals surface area contributed by atoms with Crippen LogP contribution in [-0.4, -0.2) is 49.0 Å². The highest BCUT2D eigenvalue weighted by Crippen LogP contribution is 2.31. The number of anilines is 2. The minimum atomic E-state index is -0.474. The molecule has 36 heavy (non-hydrogen) atoms. The minimum absolute atomic E-state index is 0.0602. The van der Waals surface area contributed by atoms with Gasteiger partial charge >= 0.3 is 0 Å². The number of aromatic nitrogens is 5. The number of nitrogens with one attached hydrogen (secondary N) is 1. The summed E-state index contributed by atoms with van der Waals surface area (Å²) in [6.07, 6.45) is 4.30. The second kappa shape index (κ2) is 9.34. The van der Waals surface area contributed by atoms with E-state index in [4.69, 9.17) is 15.5 Å². The maximum atomic E-state index is 12.2. The van der Waals surface area contributed by atoms with Gasteiger partial charge in [-0.25, -0.2) is 15.0 Å². The summed E-state index contributed by atoms with van der Waals surface area (Å²) >= 11 is 0. The van der Waals surface area contributed by atoms with E-state index in [0.29, 0.717) is 47.6 Å². The molecule has 1 aromatic carbocycles. The molecule has 0 aliphatic heterocycles. The molecule has 3 N–H and O–H groups in total. The number of para-hydroxylation sites is 1. The van der Waals surface area contributed by atoms with Crippen LogP contribution in [0.1, 0.15) is 45.0 Å². The third kappa shape index (κ3) is 5.08. The zero-order chi connectivity index (χ0) is 25.4. The van der Waals surface area contributed by atoms with Crippen LogP contribution in [0.15, 0.2) is 36.5 Å². The van der Waals surface area contributed by atoms with Gasteiger partial charge < -0.3 is 15.8 Å². The SMILES string of the molecule is COc1cccc2c1nc(N)n1nc(CN(Cc3ccc(NC(=O)C(C)(C)C)nc3)CC3CC3)nc21. The van der Waals surface area contributed by atoms with Crippen LogP contribution in [0.3, 0.4) is 0 Å². The molecule has 5 rings (SSSR count). The number of fused-ring (bicyclic) bond motifs is 3.